The van der Waals surface area contributed by atoms with Crippen molar-refractivity contribution in [3.63, 3.8) is 0 Å². The average Bonchev–Trinajstić information content (AvgIpc) is 2.73. The topological polar surface area (TPSA) is 72.5 Å². The van der Waals surface area contributed by atoms with Crippen LogP contribution in [0.3, 0.4) is 0 Å². The number of carbonyl (C=O) groups is 1. The number of benzene rings is 1. The fraction of sp³-hybridized carbons (Fsp3) is 0.650. The molecule has 27 heavy (non-hydrogen) atoms. The summed E-state index contributed by atoms with van der Waals surface area (Å²) in [4.78, 5) is 8.00. The minimum absolute atomic E-state index is 0.0714. The smallest absolute Gasteiger partial charge is 0.106 e. The summed E-state index contributed by atoms with van der Waals surface area (Å²) in [6.45, 7) is 10.4. The van der Waals surface area contributed by atoms with E-state index in [1.807, 2.05) is 50.1 Å². The van der Waals surface area contributed by atoms with Crippen LogP contribution in [0.2, 0.25) is 0 Å². The van der Waals surface area contributed by atoms with Gasteiger partial charge in [-0.1, -0.05) is 36.4 Å². The van der Waals surface area contributed by atoms with E-state index >= 15 is 0 Å². The number of carbonyl (C=O) groups excluding carboxylic acids is 1. The minimum atomic E-state index is 0.0714. The van der Waals surface area contributed by atoms with Crippen molar-refractivity contribution in [3.05, 3.63) is 36.4 Å². The molecule has 1 fully saturated rings. The summed E-state index contributed by atoms with van der Waals surface area (Å²) in [5.41, 5.74) is 0. The summed E-state index contributed by atoms with van der Waals surface area (Å²) < 4.78 is 32.4. The summed E-state index contributed by atoms with van der Waals surface area (Å²) >= 11 is 0. The van der Waals surface area contributed by atoms with E-state index in [4.69, 9.17) is 33.2 Å². The van der Waals surface area contributed by atoms with Gasteiger partial charge in [0.05, 0.1) is 78.8 Å². The lowest BCUT2D eigenvalue weighted by Gasteiger charge is -2.14. The molecule has 0 aliphatic carbocycles. The molecule has 1 unspecified atom stereocenters. The first-order valence-corrected chi connectivity index (χ1v) is 9.19. The molecule has 0 aromatic heterocycles. The van der Waals surface area contributed by atoms with Gasteiger partial charge in [0.1, 0.15) is 6.79 Å². The van der Waals surface area contributed by atoms with Gasteiger partial charge in [0.15, 0.2) is 0 Å². The third kappa shape index (κ3) is 20.8. The highest BCUT2D eigenvalue weighted by molar-refractivity contribution is 5.11. The summed E-state index contributed by atoms with van der Waals surface area (Å²) in [6, 6.07) is 12.0. The van der Waals surface area contributed by atoms with Gasteiger partial charge in [-0.25, -0.2) is 0 Å². The maximum absolute atomic E-state index is 8.00. The molecule has 0 radical (unpaired) electrons. The van der Waals surface area contributed by atoms with Crippen LogP contribution in [0.4, 0.5) is 0 Å². The molecule has 1 aliphatic heterocycles. The van der Waals surface area contributed by atoms with Gasteiger partial charge in [-0.3, -0.25) is 0 Å². The molecular formula is C20H34O7. The van der Waals surface area contributed by atoms with Crippen LogP contribution in [0.25, 0.3) is 0 Å². The molecule has 0 bridgehead atoms. The lowest BCUT2D eigenvalue weighted by molar-refractivity contribution is -0.0979. The lowest BCUT2D eigenvalue weighted by Crippen LogP contribution is -2.21. The molecule has 1 heterocycles. The summed E-state index contributed by atoms with van der Waals surface area (Å²) in [7, 11) is 0. The van der Waals surface area contributed by atoms with Crippen molar-refractivity contribution < 1.29 is 33.2 Å². The Morgan fingerprint density at radius 2 is 0.852 bits per heavy atom. The van der Waals surface area contributed by atoms with Crippen LogP contribution in [-0.2, 0) is 33.2 Å². The Morgan fingerprint density at radius 3 is 1.22 bits per heavy atom. The number of rotatable bonds is 0. The van der Waals surface area contributed by atoms with Crippen molar-refractivity contribution in [1.29, 1.82) is 0 Å². The highest BCUT2D eigenvalue weighted by Crippen LogP contribution is 1.93. The van der Waals surface area contributed by atoms with E-state index in [-0.39, 0.29) is 6.10 Å². The van der Waals surface area contributed by atoms with Crippen LogP contribution in [0.5, 0.6) is 0 Å². The second-order valence-corrected chi connectivity index (χ2v) is 5.36. The van der Waals surface area contributed by atoms with E-state index in [9.17, 15) is 0 Å². The molecule has 1 aromatic carbocycles. The Balaban J connectivity index is 0.000000702. The Labute approximate surface area is 162 Å². The van der Waals surface area contributed by atoms with Crippen LogP contribution in [-0.4, -0.2) is 85.6 Å². The van der Waals surface area contributed by atoms with Crippen LogP contribution < -0.4 is 0 Å². The summed E-state index contributed by atoms with van der Waals surface area (Å²) in [5, 5.41) is 0. The quantitative estimate of drug-likeness (QED) is 0.675. The van der Waals surface area contributed by atoms with Gasteiger partial charge in [-0.15, -0.1) is 0 Å². The summed E-state index contributed by atoms with van der Waals surface area (Å²) in [6.07, 6.45) is 0.0714. The van der Waals surface area contributed by atoms with Crippen molar-refractivity contribution >= 4 is 6.79 Å². The fourth-order valence-electron chi connectivity index (χ4n) is 1.87. The fourth-order valence-corrected chi connectivity index (χ4v) is 1.87. The van der Waals surface area contributed by atoms with Crippen molar-refractivity contribution in [2.24, 2.45) is 0 Å². The largest absolute Gasteiger partial charge is 0.377 e. The molecule has 7 nitrogen and oxygen atoms in total. The van der Waals surface area contributed by atoms with E-state index in [2.05, 4.69) is 0 Å². The SMILES string of the molecule is C=O.CC1COCCOCCOCCOCCOCCO1.c1ccccc1. The standard InChI is InChI=1S/C13H26O6.C6H6.CH2O/c1-13-12-18-9-8-16-5-4-14-2-3-15-6-7-17-10-11-19-13;1-2-4-6-5-3-1;1-2/h13H,2-12H2,1H3;1-6H;1H2. The first kappa shape index (κ1) is 25.6. The van der Waals surface area contributed by atoms with E-state index in [1.165, 1.54) is 0 Å². The van der Waals surface area contributed by atoms with E-state index in [0.717, 1.165) is 0 Å². The molecule has 1 aliphatic rings. The van der Waals surface area contributed by atoms with Crippen LogP contribution in [0.15, 0.2) is 36.4 Å². The van der Waals surface area contributed by atoms with Crippen LogP contribution >= 0.6 is 0 Å². The van der Waals surface area contributed by atoms with Gasteiger partial charge in [0.2, 0.25) is 0 Å². The first-order chi connectivity index (χ1) is 13.4. The average molecular weight is 386 g/mol. The maximum Gasteiger partial charge on any atom is 0.106 e. The molecule has 1 aromatic rings. The molecule has 1 saturated heterocycles. The predicted molar refractivity (Wildman–Crippen MR) is 103 cm³/mol. The molecule has 7 heteroatoms. The highest BCUT2D eigenvalue weighted by Gasteiger charge is 2.02. The van der Waals surface area contributed by atoms with Gasteiger partial charge in [0, 0.05) is 0 Å². The third-order valence-corrected chi connectivity index (χ3v) is 3.14. The van der Waals surface area contributed by atoms with E-state index < -0.39 is 0 Å². The molecule has 0 amide bonds. The molecule has 156 valence electrons. The number of hydrogen-bond donors (Lipinski definition) is 0. The molecule has 2 rings (SSSR count). The molecule has 1 atom stereocenters. The lowest BCUT2D eigenvalue weighted by atomic mass is 10.4. The van der Waals surface area contributed by atoms with E-state index in [1.54, 1.807) is 0 Å². The third-order valence-electron chi connectivity index (χ3n) is 3.14. The van der Waals surface area contributed by atoms with Crippen molar-refractivity contribution in [3.8, 4) is 0 Å². The van der Waals surface area contributed by atoms with Crippen molar-refractivity contribution in [1.82, 2.24) is 0 Å². The Hall–Kier alpha value is -1.35. The van der Waals surface area contributed by atoms with Gasteiger partial charge >= 0.3 is 0 Å². The zero-order valence-electron chi connectivity index (χ0n) is 16.4. The molecule has 0 saturated carbocycles. The minimum Gasteiger partial charge on any atom is -0.377 e. The van der Waals surface area contributed by atoms with Crippen molar-refractivity contribution in [2.45, 2.75) is 13.0 Å². The van der Waals surface area contributed by atoms with Gasteiger partial charge in [-0.05, 0) is 6.92 Å². The van der Waals surface area contributed by atoms with Crippen LogP contribution in [0, 0.1) is 0 Å². The first-order valence-electron chi connectivity index (χ1n) is 9.19. The molecule has 0 N–H and O–H groups in total. The maximum atomic E-state index is 8.00. The monoisotopic (exact) mass is 386 g/mol. The zero-order valence-corrected chi connectivity index (χ0v) is 16.4. The normalized spacial score (nSPS) is 21.1. The van der Waals surface area contributed by atoms with E-state index in [0.29, 0.717) is 72.7 Å². The van der Waals surface area contributed by atoms with Crippen LogP contribution in [0.1, 0.15) is 6.92 Å². The Bertz CT molecular complexity index is 333. The second kappa shape index (κ2) is 22.7. The zero-order chi connectivity index (χ0) is 19.8. The summed E-state index contributed by atoms with van der Waals surface area (Å²) in [5.74, 6) is 0. The molecular weight excluding hydrogens is 352 g/mol. The van der Waals surface area contributed by atoms with Gasteiger partial charge in [0.25, 0.3) is 0 Å². The van der Waals surface area contributed by atoms with Gasteiger partial charge < -0.3 is 33.2 Å². The van der Waals surface area contributed by atoms with Crippen molar-refractivity contribution in [2.75, 3.05) is 72.7 Å². The second-order valence-electron chi connectivity index (χ2n) is 5.36. The molecule has 0 spiro atoms. The number of ether oxygens (including phenoxy) is 6. The Kier molecular flexibility index (Phi) is 21.6. The Morgan fingerprint density at radius 1 is 0.556 bits per heavy atom. The van der Waals surface area contributed by atoms with Gasteiger partial charge in [-0.2, -0.15) is 0 Å². The predicted octanol–water partition coefficient (Wildman–Crippen LogP) is 1.99. The highest BCUT2D eigenvalue weighted by atomic mass is 16.6. The number of hydrogen-bond acceptors (Lipinski definition) is 7.